The smallest absolute Gasteiger partial charge is 0.263 e. The molecule has 1 aromatic carbocycles. The van der Waals surface area contributed by atoms with Crippen LogP contribution in [0, 0.1) is 0 Å². The molecule has 6 heteroatoms. The van der Waals surface area contributed by atoms with E-state index < -0.39 is 0 Å². The summed E-state index contributed by atoms with van der Waals surface area (Å²) in [6.07, 6.45) is 6.01. The van der Waals surface area contributed by atoms with Crippen molar-refractivity contribution in [2.75, 3.05) is 0 Å². The van der Waals surface area contributed by atoms with Gasteiger partial charge < -0.3 is 10.1 Å². The predicted molar refractivity (Wildman–Crippen MR) is 102 cm³/mol. The molecule has 0 saturated carbocycles. The number of amides is 1. The van der Waals surface area contributed by atoms with Crippen molar-refractivity contribution in [2.45, 2.75) is 32.9 Å². The topological polar surface area (TPSA) is 64.1 Å². The highest BCUT2D eigenvalue weighted by molar-refractivity contribution is 7.13. The van der Waals surface area contributed by atoms with Gasteiger partial charge in [-0.05, 0) is 37.1 Å². The lowest BCUT2D eigenvalue weighted by molar-refractivity contribution is 0.0944. The van der Waals surface area contributed by atoms with Crippen LogP contribution in [0.15, 0.2) is 55.0 Å². The quantitative estimate of drug-likeness (QED) is 0.681. The second-order valence-corrected chi connectivity index (χ2v) is 7.00. The van der Waals surface area contributed by atoms with Crippen LogP contribution in [0.5, 0.6) is 5.75 Å². The van der Waals surface area contributed by atoms with E-state index >= 15 is 0 Å². The van der Waals surface area contributed by atoms with E-state index in [9.17, 15) is 4.79 Å². The van der Waals surface area contributed by atoms with E-state index in [0.717, 1.165) is 28.3 Å². The van der Waals surface area contributed by atoms with Crippen molar-refractivity contribution in [2.24, 2.45) is 0 Å². The first-order chi connectivity index (χ1) is 12.7. The molecule has 2 heterocycles. The van der Waals surface area contributed by atoms with Gasteiger partial charge in [0.05, 0.1) is 17.2 Å². The van der Waals surface area contributed by atoms with Gasteiger partial charge in [-0.1, -0.05) is 25.1 Å². The van der Waals surface area contributed by atoms with Gasteiger partial charge in [0.25, 0.3) is 5.91 Å². The van der Waals surface area contributed by atoms with Crippen molar-refractivity contribution < 1.29 is 9.53 Å². The normalized spacial score (nSPS) is 11.8. The highest BCUT2D eigenvalue weighted by atomic mass is 32.1. The van der Waals surface area contributed by atoms with Crippen LogP contribution in [0.25, 0.3) is 0 Å². The average molecular weight is 367 g/mol. The van der Waals surface area contributed by atoms with Crippen molar-refractivity contribution in [3.05, 3.63) is 76.0 Å². The monoisotopic (exact) mass is 367 g/mol. The van der Waals surface area contributed by atoms with E-state index in [1.165, 1.54) is 11.3 Å². The highest BCUT2D eigenvalue weighted by Crippen LogP contribution is 2.20. The van der Waals surface area contributed by atoms with Crippen molar-refractivity contribution in [1.82, 2.24) is 15.3 Å². The molecule has 1 amide bonds. The Balaban J connectivity index is 1.56. The summed E-state index contributed by atoms with van der Waals surface area (Å²) in [6.45, 7) is 4.47. The number of benzene rings is 1. The first-order valence-corrected chi connectivity index (χ1v) is 9.34. The first kappa shape index (κ1) is 18.1. The van der Waals surface area contributed by atoms with Crippen LogP contribution >= 0.6 is 11.3 Å². The van der Waals surface area contributed by atoms with Crippen LogP contribution in [0.4, 0.5) is 0 Å². The molecule has 0 fully saturated rings. The maximum atomic E-state index is 12.3. The number of thiazole rings is 1. The number of nitrogens with one attached hydrogen (secondary N) is 1. The number of hydrogen-bond acceptors (Lipinski definition) is 5. The summed E-state index contributed by atoms with van der Waals surface area (Å²) in [5.74, 6) is 0.692. The fourth-order valence-corrected chi connectivity index (χ4v) is 3.19. The Morgan fingerprint density at radius 3 is 2.69 bits per heavy atom. The standard InChI is InChI=1S/C20H21N3O2S/c1-3-19-22-12-18(26-19)20(24)23-14(2)16-6-8-17(9-7-16)25-13-15-5-4-10-21-11-15/h4-12,14H,3,13H2,1-2H3,(H,23,24). The number of rotatable bonds is 7. The van der Waals surface area contributed by atoms with Gasteiger partial charge in [-0.2, -0.15) is 0 Å². The number of pyridine rings is 1. The molecule has 1 atom stereocenters. The Bertz CT molecular complexity index is 847. The molecule has 2 aromatic heterocycles. The number of hydrogen-bond donors (Lipinski definition) is 1. The average Bonchev–Trinajstić information content (AvgIpc) is 3.17. The Morgan fingerprint density at radius 1 is 1.23 bits per heavy atom. The SMILES string of the molecule is CCc1ncc(C(=O)NC(C)c2ccc(OCc3cccnc3)cc2)s1. The molecule has 1 N–H and O–H groups in total. The molecule has 3 aromatic rings. The van der Waals surface area contributed by atoms with Gasteiger partial charge in [0.1, 0.15) is 17.2 Å². The molecule has 0 aliphatic rings. The Morgan fingerprint density at radius 2 is 2.04 bits per heavy atom. The lowest BCUT2D eigenvalue weighted by atomic mass is 10.1. The lowest BCUT2D eigenvalue weighted by Crippen LogP contribution is -2.25. The fraction of sp³-hybridized carbons (Fsp3) is 0.250. The Hall–Kier alpha value is -2.73. The predicted octanol–water partition coefficient (Wildman–Crippen LogP) is 4.17. The lowest BCUT2D eigenvalue weighted by Gasteiger charge is -2.14. The molecular formula is C20H21N3O2S. The van der Waals surface area contributed by atoms with Gasteiger partial charge >= 0.3 is 0 Å². The van der Waals surface area contributed by atoms with E-state index in [-0.39, 0.29) is 11.9 Å². The number of aromatic nitrogens is 2. The molecule has 0 saturated heterocycles. The summed E-state index contributed by atoms with van der Waals surface area (Å²) >= 11 is 1.44. The van der Waals surface area contributed by atoms with Crippen molar-refractivity contribution in [1.29, 1.82) is 0 Å². The minimum Gasteiger partial charge on any atom is -0.489 e. The van der Waals surface area contributed by atoms with Gasteiger partial charge in [-0.15, -0.1) is 11.3 Å². The molecule has 26 heavy (non-hydrogen) atoms. The molecule has 1 unspecified atom stereocenters. The molecule has 3 rings (SSSR count). The van der Waals surface area contributed by atoms with Crippen LogP contribution < -0.4 is 10.1 Å². The number of ether oxygens (including phenoxy) is 1. The largest absolute Gasteiger partial charge is 0.489 e. The van der Waals surface area contributed by atoms with Gasteiger partial charge in [-0.25, -0.2) is 4.98 Å². The van der Waals surface area contributed by atoms with Crippen LogP contribution in [0.2, 0.25) is 0 Å². The van der Waals surface area contributed by atoms with Gasteiger partial charge in [-0.3, -0.25) is 9.78 Å². The van der Waals surface area contributed by atoms with Crippen LogP contribution in [0.3, 0.4) is 0 Å². The molecule has 0 aliphatic carbocycles. The highest BCUT2D eigenvalue weighted by Gasteiger charge is 2.14. The number of nitrogens with zero attached hydrogens (tertiary/aromatic N) is 2. The van der Waals surface area contributed by atoms with Crippen LogP contribution in [-0.4, -0.2) is 15.9 Å². The maximum absolute atomic E-state index is 12.3. The third-order valence-corrected chi connectivity index (χ3v) is 5.08. The zero-order valence-electron chi connectivity index (χ0n) is 14.8. The van der Waals surface area contributed by atoms with Gasteiger partial charge in [0.15, 0.2) is 0 Å². The van der Waals surface area contributed by atoms with Gasteiger partial charge in [0.2, 0.25) is 0 Å². The molecule has 5 nitrogen and oxygen atoms in total. The van der Waals surface area contributed by atoms with E-state index in [0.29, 0.717) is 11.5 Å². The maximum Gasteiger partial charge on any atom is 0.263 e. The molecule has 134 valence electrons. The number of carbonyl (C=O) groups excluding carboxylic acids is 1. The van der Waals surface area contributed by atoms with E-state index in [1.807, 2.05) is 50.2 Å². The fourth-order valence-electron chi connectivity index (χ4n) is 2.43. The summed E-state index contributed by atoms with van der Waals surface area (Å²) in [5, 5.41) is 3.98. The zero-order valence-corrected chi connectivity index (χ0v) is 15.6. The summed E-state index contributed by atoms with van der Waals surface area (Å²) in [4.78, 5) is 21.3. The number of aryl methyl sites for hydroxylation is 1. The molecule has 0 spiro atoms. The Labute approximate surface area is 157 Å². The second-order valence-electron chi connectivity index (χ2n) is 5.89. The second kappa shape index (κ2) is 8.58. The van der Waals surface area contributed by atoms with E-state index in [1.54, 1.807) is 18.6 Å². The van der Waals surface area contributed by atoms with Crippen LogP contribution in [0.1, 0.15) is 45.7 Å². The first-order valence-electron chi connectivity index (χ1n) is 8.53. The van der Waals surface area contributed by atoms with Gasteiger partial charge in [0, 0.05) is 18.0 Å². The number of carbonyl (C=O) groups is 1. The summed E-state index contributed by atoms with van der Waals surface area (Å²) < 4.78 is 5.76. The van der Waals surface area contributed by atoms with Crippen molar-refractivity contribution in [3.63, 3.8) is 0 Å². The minimum atomic E-state index is -0.0953. The van der Waals surface area contributed by atoms with E-state index in [2.05, 4.69) is 15.3 Å². The molecule has 0 bridgehead atoms. The van der Waals surface area contributed by atoms with E-state index in [4.69, 9.17) is 4.74 Å². The summed E-state index contributed by atoms with van der Waals surface area (Å²) in [6, 6.07) is 11.5. The van der Waals surface area contributed by atoms with Crippen LogP contribution in [-0.2, 0) is 13.0 Å². The third kappa shape index (κ3) is 4.67. The third-order valence-electron chi connectivity index (χ3n) is 3.94. The van der Waals surface area contributed by atoms with Crippen molar-refractivity contribution in [3.8, 4) is 5.75 Å². The Kier molecular flexibility index (Phi) is 5.96. The molecule has 0 radical (unpaired) electrons. The summed E-state index contributed by atoms with van der Waals surface area (Å²) in [5.41, 5.74) is 2.04. The molecule has 0 aliphatic heterocycles. The van der Waals surface area contributed by atoms with Crippen molar-refractivity contribution >= 4 is 17.2 Å². The summed E-state index contributed by atoms with van der Waals surface area (Å²) in [7, 11) is 0. The minimum absolute atomic E-state index is 0.0911. The zero-order chi connectivity index (χ0) is 18.4. The molecular weight excluding hydrogens is 346 g/mol.